The molecule has 0 aromatic heterocycles. The molecule has 0 saturated carbocycles. The van der Waals surface area contributed by atoms with E-state index in [1.165, 1.54) is 22.3 Å². The number of allylic oxidation sites excluding steroid dienone is 3. The number of hydrogen-bond donors (Lipinski definition) is 1. The Morgan fingerprint density at radius 2 is 1.87 bits per heavy atom. The Hall–Kier alpha value is -1.83. The molecule has 1 nitrogen and oxygen atoms in total. The zero-order valence-corrected chi connectivity index (χ0v) is 19.8. The smallest absolute Gasteiger partial charge is 0.0446 e. The van der Waals surface area contributed by atoms with Gasteiger partial charge in [-0.25, -0.2) is 0 Å². The van der Waals surface area contributed by atoms with Crippen molar-refractivity contribution in [3.05, 3.63) is 94.5 Å². The molecule has 0 radical (unpaired) electrons. The molecule has 3 rings (SSSR count). The Morgan fingerprint density at radius 3 is 2.40 bits per heavy atom. The average Bonchev–Trinajstić information content (AvgIpc) is 2.78. The van der Waals surface area contributed by atoms with Crippen LogP contribution in [0.15, 0.2) is 67.3 Å². The van der Waals surface area contributed by atoms with Crippen molar-refractivity contribution in [3.8, 4) is 0 Å². The van der Waals surface area contributed by atoms with Gasteiger partial charge >= 0.3 is 0 Å². The van der Waals surface area contributed by atoms with Gasteiger partial charge in [-0.3, -0.25) is 0 Å². The molecule has 2 heteroatoms. The van der Waals surface area contributed by atoms with Crippen molar-refractivity contribution in [2.24, 2.45) is 11.3 Å². The number of nitrogens with one attached hydrogen (secondary N) is 1. The van der Waals surface area contributed by atoms with E-state index in [-0.39, 0.29) is 11.3 Å². The fourth-order valence-corrected chi connectivity index (χ4v) is 5.62. The predicted molar refractivity (Wildman–Crippen MR) is 132 cm³/mol. The molecule has 2 aromatic carbocycles. The van der Waals surface area contributed by atoms with Crippen molar-refractivity contribution in [2.75, 3.05) is 7.05 Å². The highest BCUT2D eigenvalue weighted by atomic mass is 35.5. The van der Waals surface area contributed by atoms with Crippen molar-refractivity contribution in [1.29, 1.82) is 0 Å². The zero-order chi connectivity index (χ0) is 21.9. The van der Waals surface area contributed by atoms with Crippen LogP contribution in [0.3, 0.4) is 0 Å². The molecule has 1 N–H and O–H groups in total. The largest absolute Gasteiger partial charge is 0.317 e. The SMILES string of the molecule is C=CC1(CC)C=CC(c2ccc(CC)cc2Cl)C(c2ccc(C)cc2)C1C(C)NC. The summed E-state index contributed by atoms with van der Waals surface area (Å²) in [4.78, 5) is 0. The van der Waals surface area contributed by atoms with Crippen LogP contribution in [0.4, 0.5) is 0 Å². The molecule has 160 valence electrons. The Morgan fingerprint density at radius 1 is 1.17 bits per heavy atom. The maximum absolute atomic E-state index is 6.85. The Bertz CT molecular complexity index is 897. The number of rotatable bonds is 7. The summed E-state index contributed by atoms with van der Waals surface area (Å²) in [5.41, 5.74) is 5.11. The van der Waals surface area contributed by atoms with Crippen LogP contribution in [0.1, 0.15) is 61.3 Å². The van der Waals surface area contributed by atoms with Crippen LogP contribution in [0.5, 0.6) is 0 Å². The Labute approximate surface area is 188 Å². The number of aryl methyl sites for hydroxylation is 2. The summed E-state index contributed by atoms with van der Waals surface area (Å²) in [6, 6.07) is 16.0. The first-order valence-corrected chi connectivity index (χ1v) is 11.6. The monoisotopic (exact) mass is 421 g/mol. The van der Waals surface area contributed by atoms with E-state index in [1.807, 2.05) is 0 Å². The quantitative estimate of drug-likeness (QED) is 0.457. The van der Waals surface area contributed by atoms with Gasteiger partial charge in [-0.2, -0.15) is 0 Å². The van der Waals surface area contributed by atoms with E-state index in [9.17, 15) is 0 Å². The van der Waals surface area contributed by atoms with Gasteiger partial charge in [0.15, 0.2) is 0 Å². The molecule has 5 atom stereocenters. The molecule has 0 amide bonds. The molecule has 30 heavy (non-hydrogen) atoms. The van der Waals surface area contributed by atoms with Crippen LogP contribution >= 0.6 is 11.6 Å². The molecular weight excluding hydrogens is 386 g/mol. The maximum Gasteiger partial charge on any atom is 0.0446 e. The van der Waals surface area contributed by atoms with Gasteiger partial charge in [0.25, 0.3) is 0 Å². The minimum absolute atomic E-state index is 0.0513. The van der Waals surface area contributed by atoms with Crippen LogP contribution in [0.2, 0.25) is 5.02 Å². The molecule has 1 aliphatic rings. The molecule has 0 aliphatic heterocycles. The number of halogens is 1. The van der Waals surface area contributed by atoms with Crippen molar-refractivity contribution in [3.63, 3.8) is 0 Å². The van der Waals surface area contributed by atoms with Crippen molar-refractivity contribution in [1.82, 2.24) is 5.32 Å². The third kappa shape index (κ3) is 4.15. The molecule has 2 aromatic rings. The molecular formula is C28H36ClN. The number of benzene rings is 2. The minimum atomic E-state index is -0.0513. The Balaban J connectivity index is 2.24. The van der Waals surface area contributed by atoms with Gasteiger partial charge in [0.2, 0.25) is 0 Å². The maximum atomic E-state index is 6.85. The summed E-state index contributed by atoms with van der Waals surface area (Å²) in [7, 11) is 2.07. The van der Waals surface area contributed by atoms with E-state index in [0.29, 0.717) is 17.9 Å². The van der Waals surface area contributed by atoms with Crippen LogP contribution in [-0.2, 0) is 6.42 Å². The van der Waals surface area contributed by atoms with E-state index < -0.39 is 0 Å². The lowest BCUT2D eigenvalue weighted by Crippen LogP contribution is -2.47. The second-order valence-electron chi connectivity index (χ2n) is 8.80. The van der Waals surface area contributed by atoms with Crippen molar-refractivity contribution < 1.29 is 0 Å². The lowest BCUT2D eigenvalue weighted by atomic mass is 9.56. The molecule has 0 bridgehead atoms. The van der Waals surface area contributed by atoms with E-state index in [1.54, 1.807) is 0 Å². The lowest BCUT2D eigenvalue weighted by molar-refractivity contribution is 0.167. The molecule has 0 fully saturated rings. The van der Waals surface area contributed by atoms with E-state index >= 15 is 0 Å². The second-order valence-corrected chi connectivity index (χ2v) is 9.21. The minimum Gasteiger partial charge on any atom is -0.317 e. The van der Waals surface area contributed by atoms with E-state index in [4.69, 9.17) is 11.6 Å². The van der Waals surface area contributed by atoms with Gasteiger partial charge in [-0.1, -0.05) is 85.6 Å². The molecule has 5 unspecified atom stereocenters. The molecule has 0 heterocycles. The van der Waals surface area contributed by atoms with Crippen LogP contribution in [0, 0.1) is 18.3 Å². The summed E-state index contributed by atoms with van der Waals surface area (Å²) in [5.74, 6) is 0.900. The summed E-state index contributed by atoms with van der Waals surface area (Å²) < 4.78 is 0. The molecule has 1 aliphatic carbocycles. The topological polar surface area (TPSA) is 12.0 Å². The van der Waals surface area contributed by atoms with Crippen LogP contribution in [0.25, 0.3) is 0 Å². The highest BCUT2D eigenvalue weighted by molar-refractivity contribution is 6.31. The van der Waals surface area contributed by atoms with Crippen LogP contribution < -0.4 is 5.32 Å². The summed E-state index contributed by atoms with van der Waals surface area (Å²) in [5, 5.41) is 4.43. The summed E-state index contributed by atoms with van der Waals surface area (Å²) in [6.45, 7) is 13.2. The fourth-order valence-electron chi connectivity index (χ4n) is 5.29. The van der Waals surface area contributed by atoms with Gasteiger partial charge in [-0.15, -0.1) is 6.58 Å². The van der Waals surface area contributed by atoms with Crippen LogP contribution in [-0.4, -0.2) is 13.1 Å². The first kappa shape index (κ1) is 22.8. The van der Waals surface area contributed by atoms with Gasteiger partial charge in [0.05, 0.1) is 0 Å². The molecule has 0 saturated heterocycles. The van der Waals surface area contributed by atoms with Gasteiger partial charge in [0, 0.05) is 22.4 Å². The highest BCUT2D eigenvalue weighted by Crippen LogP contribution is 2.55. The number of hydrogen-bond acceptors (Lipinski definition) is 1. The third-order valence-electron chi connectivity index (χ3n) is 7.29. The zero-order valence-electron chi connectivity index (χ0n) is 19.1. The first-order valence-electron chi connectivity index (χ1n) is 11.3. The average molecular weight is 422 g/mol. The fraction of sp³-hybridized carbons (Fsp3) is 0.429. The lowest BCUT2D eigenvalue weighted by Gasteiger charge is -2.49. The van der Waals surface area contributed by atoms with Crippen molar-refractivity contribution >= 4 is 11.6 Å². The van der Waals surface area contributed by atoms with Gasteiger partial charge in [-0.05, 0) is 68.3 Å². The first-order chi connectivity index (χ1) is 14.4. The third-order valence-corrected chi connectivity index (χ3v) is 7.62. The summed E-state index contributed by atoms with van der Waals surface area (Å²) in [6.07, 6.45) is 8.98. The molecule has 0 spiro atoms. The van der Waals surface area contributed by atoms with E-state index in [0.717, 1.165) is 17.9 Å². The van der Waals surface area contributed by atoms with Gasteiger partial charge in [0.1, 0.15) is 0 Å². The summed E-state index contributed by atoms with van der Waals surface area (Å²) >= 11 is 6.85. The van der Waals surface area contributed by atoms with E-state index in [2.05, 4.69) is 107 Å². The van der Waals surface area contributed by atoms with Crippen molar-refractivity contribution in [2.45, 2.75) is 58.4 Å². The predicted octanol–water partition coefficient (Wildman–Crippen LogP) is 7.45. The second kappa shape index (κ2) is 9.54. The van der Waals surface area contributed by atoms with Gasteiger partial charge < -0.3 is 5.32 Å². The highest BCUT2D eigenvalue weighted by Gasteiger charge is 2.47. The standard InChI is InChI=1S/C28H36ClN/c1-7-21-12-15-23(25(29)18-21)24-16-17-28(8-2,9-3)27(20(5)30-6)26(24)22-13-10-19(4)11-14-22/h8,10-18,20,24,26-27,30H,2,7,9H2,1,3-6H3. The Kier molecular flexibility index (Phi) is 7.26. The normalized spacial score (nSPS) is 27.1.